The first-order valence-corrected chi connectivity index (χ1v) is 18.5. The largest absolute Gasteiger partial charge is 0.497 e. The summed E-state index contributed by atoms with van der Waals surface area (Å²) in [6, 6.07) is 25.6. The maximum Gasteiger partial charge on any atom is 0.272 e. The summed E-state index contributed by atoms with van der Waals surface area (Å²) in [4.78, 5) is 30.4. The number of carbonyl (C=O) groups is 2. The number of nitriles is 1. The smallest absolute Gasteiger partial charge is 0.272 e. The van der Waals surface area contributed by atoms with Gasteiger partial charge in [-0.2, -0.15) is 10.4 Å². The number of amides is 2. The van der Waals surface area contributed by atoms with Crippen LogP contribution >= 0.6 is 11.8 Å². The Hall–Kier alpha value is -4.92. The molecule has 6 rings (SSSR count). The van der Waals surface area contributed by atoms with Crippen LogP contribution in [0.3, 0.4) is 0 Å². The molecule has 48 heavy (non-hydrogen) atoms. The summed E-state index contributed by atoms with van der Waals surface area (Å²) >= 11 is 1.79. The summed E-state index contributed by atoms with van der Waals surface area (Å²) in [6.07, 6.45) is 5.84. The van der Waals surface area contributed by atoms with Gasteiger partial charge >= 0.3 is 0 Å². The highest BCUT2D eigenvalue weighted by Gasteiger charge is 2.45. The van der Waals surface area contributed by atoms with E-state index in [0.717, 1.165) is 39.6 Å². The second-order valence-electron chi connectivity index (χ2n) is 11.6. The first-order chi connectivity index (χ1) is 23.2. The normalized spacial score (nSPS) is 18.4. The van der Waals surface area contributed by atoms with Gasteiger partial charge in [0.05, 0.1) is 41.6 Å². The molecule has 0 saturated carbocycles. The predicted molar refractivity (Wildman–Crippen MR) is 187 cm³/mol. The summed E-state index contributed by atoms with van der Waals surface area (Å²) in [5.41, 5.74) is 3.33. The van der Waals surface area contributed by atoms with Gasteiger partial charge in [0.25, 0.3) is 11.8 Å². The van der Waals surface area contributed by atoms with Crippen LogP contribution in [-0.4, -0.2) is 65.3 Å². The van der Waals surface area contributed by atoms with E-state index < -0.39 is 27.7 Å². The van der Waals surface area contributed by atoms with E-state index in [1.54, 1.807) is 46.8 Å². The number of ether oxygens (including phenoxy) is 1. The van der Waals surface area contributed by atoms with Crippen LogP contribution in [0.2, 0.25) is 0 Å². The minimum Gasteiger partial charge on any atom is -0.497 e. The number of nitrogens with zero attached hydrogens (tertiary/aromatic N) is 4. The SMILES string of the molecule is CCCCSc1ccc(-c2nn(-c3ccccc3)cc2/C=C2\C(=O)N(C3CCS(=O)(=O)C3)C(=O)C(C#N)=C2c2ccc(OC)cc2)cc1. The van der Waals surface area contributed by atoms with Gasteiger partial charge in [-0.05, 0) is 66.6 Å². The first-order valence-electron chi connectivity index (χ1n) is 15.7. The van der Waals surface area contributed by atoms with Gasteiger partial charge < -0.3 is 4.74 Å². The van der Waals surface area contributed by atoms with Crippen LogP contribution in [-0.2, 0) is 19.4 Å². The lowest BCUT2D eigenvalue weighted by Crippen LogP contribution is -2.49. The number of imide groups is 1. The number of hydrogen-bond donors (Lipinski definition) is 0. The van der Waals surface area contributed by atoms with Gasteiger partial charge in [0.15, 0.2) is 9.84 Å². The highest BCUT2D eigenvalue weighted by molar-refractivity contribution is 7.99. The van der Waals surface area contributed by atoms with E-state index in [9.17, 15) is 23.3 Å². The Morgan fingerprint density at radius 2 is 1.71 bits per heavy atom. The van der Waals surface area contributed by atoms with Crippen molar-refractivity contribution in [2.24, 2.45) is 0 Å². The van der Waals surface area contributed by atoms with E-state index in [2.05, 4.69) is 19.1 Å². The Morgan fingerprint density at radius 1 is 1.00 bits per heavy atom. The van der Waals surface area contributed by atoms with Crippen LogP contribution in [0, 0.1) is 11.3 Å². The molecule has 0 bridgehead atoms. The molecule has 2 aliphatic rings. The Bertz CT molecular complexity index is 2060. The molecule has 2 aliphatic heterocycles. The molecule has 0 N–H and O–H groups in total. The number of unbranched alkanes of at least 4 members (excludes halogenated alkanes) is 1. The molecule has 0 aliphatic carbocycles. The van der Waals surface area contributed by atoms with Crippen molar-refractivity contribution < 1.29 is 22.7 Å². The number of aromatic nitrogens is 2. The van der Waals surface area contributed by atoms with Crippen LogP contribution in [0.5, 0.6) is 5.75 Å². The third-order valence-electron chi connectivity index (χ3n) is 8.42. The number of rotatable bonds is 10. The number of carbonyl (C=O) groups excluding carboxylic acids is 2. The van der Waals surface area contributed by atoms with Gasteiger partial charge in [-0.1, -0.05) is 55.8 Å². The molecule has 1 unspecified atom stereocenters. The second-order valence-corrected chi connectivity index (χ2v) is 15.0. The molecule has 1 aromatic heterocycles. The molecule has 0 spiro atoms. The van der Waals surface area contributed by atoms with Crippen molar-refractivity contribution in [3.63, 3.8) is 0 Å². The molecular weight excluding hydrogens is 645 g/mol. The fraction of sp³-hybridized carbons (Fsp3) is 0.243. The van der Waals surface area contributed by atoms with Crippen LogP contribution < -0.4 is 4.74 Å². The van der Waals surface area contributed by atoms with E-state index >= 15 is 0 Å². The topological polar surface area (TPSA) is 122 Å². The molecule has 2 amide bonds. The lowest BCUT2D eigenvalue weighted by atomic mass is 9.86. The molecule has 1 fully saturated rings. The Kier molecular flexibility index (Phi) is 9.66. The fourth-order valence-corrected chi connectivity index (χ4v) is 8.62. The maximum atomic E-state index is 14.4. The van der Waals surface area contributed by atoms with Crippen molar-refractivity contribution in [3.05, 3.63) is 107 Å². The third-order valence-corrected chi connectivity index (χ3v) is 11.3. The summed E-state index contributed by atoms with van der Waals surface area (Å²) < 4.78 is 31.9. The summed E-state index contributed by atoms with van der Waals surface area (Å²) in [7, 11) is -1.91. The zero-order valence-electron chi connectivity index (χ0n) is 26.6. The van der Waals surface area contributed by atoms with E-state index in [1.807, 2.05) is 54.7 Å². The zero-order valence-corrected chi connectivity index (χ0v) is 28.3. The van der Waals surface area contributed by atoms with E-state index in [4.69, 9.17) is 9.84 Å². The number of sulfone groups is 1. The van der Waals surface area contributed by atoms with Crippen molar-refractivity contribution in [3.8, 4) is 28.8 Å². The molecule has 1 saturated heterocycles. The Morgan fingerprint density at radius 3 is 2.33 bits per heavy atom. The Labute approximate surface area is 284 Å². The van der Waals surface area contributed by atoms with Crippen LogP contribution in [0.4, 0.5) is 0 Å². The number of hydrogen-bond acceptors (Lipinski definition) is 8. The van der Waals surface area contributed by atoms with Gasteiger partial charge in [0.2, 0.25) is 0 Å². The number of para-hydroxylation sites is 1. The zero-order chi connectivity index (χ0) is 33.8. The first kappa shape index (κ1) is 33.0. The molecule has 3 aromatic carbocycles. The highest BCUT2D eigenvalue weighted by Crippen LogP contribution is 2.39. The lowest BCUT2D eigenvalue weighted by Gasteiger charge is -2.32. The Balaban J connectivity index is 1.54. The standard InChI is InChI=1S/C37H34N4O5S2/c1-3-4-19-47-31-16-12-26(13-17-31)35-27(23-40(39-35)28-8-6-5-7-9-28)21-32-34(25-10-14-30(46-2)15-11-25)33(22-38)37(43)41(36(32)42)29-18-20-48(44,45)24-29/h5-17,21,23,29H,3-4,18-20,24H2,1-2H3/b32-21-. The fourth-order valence-electron chi connectivity index (χ4n) is 5.93. The van der Waals surface area contributed by atoms with Gasteiger partial charge in [-0.25, -0.2) is 13.1 Å². The highest BCUT2D eigenvalue weighted by atomic mass is 32.2. The van der Waals surface area contributed by atoms with Gasteiger partial charge in [0, 0.05) is 27.8 Å². The maximum absolute atomic E-state index is 14.4. The monoisotopic (exact) mass is 678 g/mol. The molecular formula is C37H34N4O5S2. The third kappa shape index (κ3) is 6.72. The molecule has 1 atom stereocenters. The predicted octanol–water partition coefficient (Wildman–Crippen LogP) is 6.36. The minimum atomic E-state index is -3.44. The molecule has 3 heterocycles. The van der Waals surface area contributed by atoms with Crippen LogP contribution in [0.25, 0.3) is 28.6 Å². The van der Waals surface area contributed by atoms with Crippen molar-refractivity contribution in [2.75, 3.05) is 24.4 Å². The minimum absolute atomic E-state index is 0.0983. The van der Waals surface area contributed by atoms with Crippen molar-refractivity contribution in [1.29, 1.82) is 5.26 Å². The van der Waals surface area contributed by atoms with Crippen LogP contribution in [0.1, 0.15) is 37.3 Å². The number of methoxy groups -OCH3 is 1. The van der Waals surface area contributed by atoms with Crippen molar-refractivity contribution >= 4 is 45.1 Å². The van der Waals surface area contributed by atoms with Crippen molar-refractivity contribution in [2.45, 2.75) is 37.1 Å². The van der Waals surface area contributed by atoms with E-state index in [-0.39, 0.29) is 34.6 Å². The summed E-state index contributed by atoms with van der Waals surface area (Å²) in [5, 5.41) is 15.3. The summed E-state index contributed by atoms with van der Waals surface area (Å²) in [6.45, 7) is 2.17. The number of benzene rings is 3. The van der Waals surface area contributed by atoms with Gasteiger partial charge in [0.1, 0.15) is 17.4 Å². The molecule has 0 radical (unpaired) electrons. The average molecular weight is 679 g/mol. The van der Waals surface area contributed by atoms with Gasteiger partial charge in [-0.3, -0.25) is 14.5 Å². The van der Waals surface area contributed by atoms with Gasteiger partial charge in [-0.15, -0.1) is 11.8 Å². The quantitative estimate of drug-likeness (QED) is 0.0823. The molecule has 4 aromatic rings. The average Bonchev–Trinajstić information content (AvgIpc) is 3.69. The van der Waals surface area contributed by atoms with Crippen LogP contribution in [0.15, 0.2) is 101 Å². The molecule has 9 nitrogen and oxygen atoms in total. The van der Waals surface area contributed by atoms with E-state index in [1.165, 1.54) is 7.11 Å². The lowest BCUT2D eigenvalue weighted by molar-refractivity contribution is -0.142. The summed E-state index contributed by atoms with van der Waals surface area (Å²) in [5.74, 6) is -0.342. The van der Waals surface area contributed by atoms with E-state index in [0.29, 0.717) is 22.6 Å². The molecule has 244 valence electrons. The second kappa shape index (κ2) is 14.1. The number of thioether (sulfide) groups is 1. The molecule has 11 heteroatoms. The van der Waals surface area contributed by atoms with Crippen molar-refractivity contribution in [1.82, 2.24) is 14.7 Å².